The molecule has 0 aliphatic heterocycles. The third kappa shape index (κ3) is 3.78. The molecule has 0 heterocycles. The summed E-state index contributed by atoms with van der Waals surface area (Å²) in [7, 11) is 0. The van der Waals surface area contributed by atoms with E-state index in [9.17, 15) is 9.90 Å². The molecule has 0 saturated carbocycles. The average Bonchev–Trinajstić information content (AvgIpc) is 2.43. The lowest BCUT2D eigenvalue weighted by atomic mass is 9.90. The fourth-order valence-corrected chi connectivity index (χ4v) is 2.19. The number of rotatable bonds is 6. The van der Waals surface area contributed by atoms with Crippen molar-refractivity contribution in [1.82, 2.24) is 0 Å². The van der Waals surface area contributed by atoms with Gasteiger partial charge in [-0.2, -0.15) is 0 Å². The Morgan fingerprint density at radius 3 is 2.95 bits per heavy atom. The van der Waals surface area contributed by atoms with Crippen molar-refractivity contribution >= 4 is 5.78 Å². The number of aliphatic hydroxyl groups is 1. The van der Waals surface area contributed by atoms with E-state index in [0.717, 1.165) is 24.0 Å². The Bertz CT molecular complexity index is 442. The van der Waals surface area contributed by atoms with E-state index in [0.29, 0.717) is 18.8 Å². The predicted octanol–water partition coefficient (Wildman–Crippen LogP) is 1.98. The van der Waals surface area contributed by atoms with Crippen molar-refractivity contribution in [3.63, 3.8) is 0 Å². The van der Waals surface area contributed by atoms with Crippen molar-refractivity contribution in [2.75, 3.05) is 19.8 Å². The highest BCUT2D eigenvalue weighted by Crippen LogP contribution is 2.25. The third-order valence-corrected chi connectivity index (χ3v) is 3.19. The molecule has 0 bridgehead atoms. The van der Waals surface area contributed by atoms with Crippen LogP contribution in [0, 0.1) is 0 Å². The molecule has 1 aromatic rings. The highest BCUT2D eigenvalue weighted by molar-refractivity contribution is 5.98. The fraction of sp³-hybridized carbons (Fsp3) is 0.533. The van der Waals surface area contributed by atoms with E-state index in [1.54, 1.807) is 6.07 Å². The van der Waals surface area contributed by atoms with E-state index in [2.05, 4.69) is 0 Å². The number of aliphatic hydroxyl groups excluding tert-OH is 1. The van der Waals surface area contributed by atoms with E-state index in [-0.39, 0.29) is 19.0 Å². The molecule has 1 aliphatic rings. The van der Waals surface area contributed by atoms with Crippen molar-refractivity contribution in [2.24, 2.45) is 0 Å². The SMILES string of the molecule is CCOCC(O)COc1ccc2c(c1)C(=O)CCC2. The zero-order valence-corrected chi connectivity index (χ0v) is 11.2. The van der Waals surface area contributed by atoms with Crippen LogP contribution in [0.15, 0.2) is 18.2 Å². The van der Waals surface area contributed by atoms with Crippen LogP contribution in [0.3, 0.4) is 0 Å². The number of Topliss-reactive ketones (excluding diaryl/α,β-unsaturated/α-hetero) is 1. The van der Waals surface area contributed by atoms with Gasteiger partial charge < -0.3 is 14.6 Å². The van der Waals surface area contributed by atoms with E-state index < -0.39 is 6.10 Å². The van der Waals surface area contributed by atoms with Gasteiger partial charge in [0.2, 0.25) is 0 Å². The number of hydrogen-bond acceptors (Lipinski definition) is 4. The highest BCUT2D eigenvalue weighted by Gasteiger charge is 2.17. The molecule has 4 nitrogen and oxygen atoms in total. The number of hydrogen-bond donors (Lipinski definition) is 1. The standard InChI is InChI=1S/C15H20O4/c1-2-18-9-12(16)10-19-13-7-6-11-4-3-5-15(17)14(11)8-13/h6-8,12,16H,2-5,9-10H2,1H3. The van der Waals surface area contributed by atoms with Gasteiger partial charge in [0.15, 0.2) is 5.78 Å². The predicted molar refractivity (Wildman–Crippen MR) is 71.7 cm³/mol. The maximum absolute atomic E-state index is 11.8. The van der Waals surface area contributed by atoms with Gasteiger partial charge in [-0.1, -0.05) is 6.07 Å². The van der Waals surface area contributed by atoms with Crippen molar-refractivity contribution in [1.29, 1.82) is 0 Å². The van der Waals surface area contributed by atoms with Crippen LogP contribution in [0.5, 0.6) is 5.75 Å². The molecule has 4 heteroatoms. The summed E-state index contributed by atoms with van der Waals surface area (Å²) in [5, 5.41) is 9.62. The second-order valence-electron chi connectivity index (χ2n) is 4.72. The summed E-state index contributed by atoms with van der Waals surface area (Å²) < 4.78 is 10.6. The number of ketones is 1. The molecule has 19 heavy (non-hydrogen) atoms. The van der Waals surface area contributed by atoms with Gasteiger partial charge in [0.1, 0.15) is 18.5 Å². The topological polar surface area (TPSA) is 55.8 Å². The molecule has 1 aromatic carbocycles. The van der Waals surface area contributed by atoms with Crippen molar-refractivity contribution < 1.29 is 19.4 Å². The first-order valence-electron chi connectivity index (χ1n) is 6.75. The molecule has 1 atom stereocenters. The lowest BCUT2D eigenvalue weighted by molar-refractivity contribution is 0.0164. The molecule has 0 radical (unpaired) electrons. The van der Waals surface area contributed by atoms with Crippen LogP contribution in [0.4, 0.5) is 0 Å². The summed E-state index contributed by atoms with van der Waals surface area (Å²) in [5.41, 5.74) is 1.86. The second-order valence-corrected chi connectivity index (χ2v) is 4.72. The molecule has 0 saturated heterocycles. The molecular formula is C15H20O4. The maximum Gasteiger partial charge on any atom is 0.163 e. The Morgan fingerprint density at radius 1 is 1.32 bits per heavy atom. The molecule has 1 aliphatic carbocycles. The van der Waals surface area contributed by atoms with Gasteiger partial charge in [0.05, 0.1) is 6.61 Å². The zero-order valence-electron chi connectivity index (χ0n) is 11.2. The molecule has 0 aromatic heterocycles. The number of ether oxygens (including phenoxy) is 2. The maximum atomic E-state index is 11.8. The Labute approximate surface area is 113 Å². The van der Waals surface area contributed by atoms with Crippen molar-refractivity contribution in [2.45, 2.75) is 32.3 Å². The number of fused-ring (bicyclic) bond motifs is 1. The summed E-state index contributed by atoms with van der Waals surface area (Å²) in [6.45, 7) is 2.89. The summed E-state index contributed by atoms with van der Waals surface area (Å²) >= 11 is 0. The molecule has 0 fully saturated rings. The number of carbonyl (C=O) groups is 1. The van der Waals surface area contributed by atoms with Gasteiger partial charge in [-0.05, 0) is 37.5 Å². The number of benzene rings is 1. The Kier molecular flexibility index (Phi) is 4.93. The van der Waals surface area contributed by atoms with E-state index in [1.165, 1.54) is 0 Å². The monoisotopic (exact) mass is 264 g/mol. The lowest BCUT2D eigenvalue weighted by Crippen LogP contribution is -2.23. The van der Waals surface area contributed by atoms with Gasteiger partial charge in [-0.25, -0.2) is 0 Å². The van der Waals surface area contributed by atoms with Crippen LogP contribution in [-0.2, 0) is 11.2 Å². The first-order valence-corrected chi connectivity index (χ1v) is 6.75. The van der Waals surface area contributed by atoms with Gasteiger partial charge >= 0.3 is 0 Å². The van der Waals surface area contributed by atoms with Crippen LogP contribution in [0.25, 0.3) is 0 Å². The smallest absolute Gasteiger partial charge is 0.163 e. The second kappa shape index (κ2) is 6.68. The van der Waals surface area contributed by atoms with Gasteiger partial charge in [-0.3, -0.25) is 4.79 Å². The molecule has 1 N–H and O–H groups in total. The average molecular weight is 264 g/mol. The molecule has 104 valence electrons. The first kappa shape index (κ1) is 14.0. The van der Waals surface area contributed by atoms with Crippen LogP contribution >= 0.6 is 0 Å². The van der Waals surface area contributed by atoms with E-state index in [1.807, 2.05) is 19.1 Å². The van der Waals surface area contributed by atoms with Gasteiger partial charge in [-0.15, -0.1) is 0 Å². The fourth-order valence-electron chi connectivity index (χ4n) is 2.19. The zero-order chi connectivity index (χ0) is 13.7. The number of carbonyl (C=O) groups excluding carboxylic acids is 1. The number of aryl methyl sites for hydroxylation is 1. The quantitative estimate of drug-likeness (QED) is 0.853. The minimum atomic E-state index is -0.647. The van der Waals surface area contributed by atoms with Crippen LogP contribution in [0.2, 0.25) is 0 Å². The molecule has 1 unspecified atom stereocenters. The first-order chi connectivity index (χ1) is 9.20. The minimum absolute atomic E-state index is 0.174. The van der Waals surface area contributed by atoms with Crippen molar-refractivity contribution in [3.05, 3.63) is 29.3 Å². The normalized spacial score (nSPS) is 16.0. The summed E-state index contributed by atoms with van der Waals surface area (Å²) in [6.07, 6.45) is 1.85. The summed E-state index contributed by atoms with van der Waals surface area (Å²) in [4.78, 5) is 11.8. The third-order valence-electron chi connectivity index (χ3n) is 3.19. The molecule has 0 amide bonds. The highest BCUT2D eigenvalue weighted by atomic mass is 16.5. The Balaban J connectivity index is 1.94. The molecule has 2 rings (SSSR count). The Hall–Kier alpha value is -1.39. The van der Waals surface area contributed by atoms with E-state index in [4.69, 9.17) is 9.47 Å². The summed E-state index contributed by atoms with van der Waals surface area (Å²) in [5.74, 6) is 0.811. The van der Waals surface area contributed by atoms with Crippen molar-refractivity contribution in [3.8, 4) is 5.75 Å². The largest absolute Gasteiger partial charge is 0.491 e. The molecule has 0 spiro atoms. The summed E-state index contributed by atoms with van der Waals surface area (Å²) in [6, 6.07) is 5.58. The van der Waals surface area contributed by atoms with E-state index >= 15 is 0 Å². The molecular weight excluding hydrogens is 244 g/mol. The van der Waals surface area contributed by atoms with Gasteiger partial charge in [0.25, 0.3) is 0 Å². The van der Waals surface area contributed by atoms with Crippen LogP contribution in [0.1, 0.15) is 35.7 Å². The van der Waals surface area contributed by atoms with Crippen LogP contribution in [-0.4, -0.2) is 36.8 Å². The van der Waals surface area contributed by atoms with Crippen LogP contribution < -0.4 is 4.74 Å². The lowest BCUT2D eigenvalue weighted by Gasteiger charge is -2.17. The minimum Gasteiger partial charge on any atom is -0.491 e. The van der Waals surface area contributed by atoms with Gasteiger partial charge in [0, 0.05) is 18.6 Å². The Morgan fingerprint density at radius 2 is 2.16 bits per heavy atom.